The molecule has 28 heavy (non-hydrogen) atoms. The minimum atomic E-state index is -1.28. The molecular formula is C21H22FN3O3. The quantitative estimate of drug-likeness (QED) is 0.721. The molecule has 3 rings (SSSR count). The van der Waals surface area contributed by atoms with E-state index in [0.29, 0.717) is 18.5 Å². The smallest absolute Gasteiger partial charge is 0.325 e. The van der Waals surface area contributed by atoms with Gasteiger partial charge in [-0.2, -0.15) is 0 Å². The molecule has 0 unspecified atom stereocenters. The van der Waals surface area contributed by atoms with Crippen LogP contribution in [-0.4, -0.2) is 35.8 Å². The Morgan fingerprint density at radius 2 is 1.79 bits per heavy atom. The molecule has 0 aromatic heterocycles. The SMILES string of the molecule is CC[C@@]1(c2ccc(F)cc2)NC(=O)N(CC(=O)NCCc2ccccc2)C1=O. The van der Waals surface area contributed by atoms with Gasteiger partial charge in [-0.1, -0.05) is 49.4 Å². The molecule has 1 atom stereocenters. The van der Waals surface area contributed by atoms with Crippen molar-refractivity contribution >= 4 is 17.8 Å². The molecule has 146 valence electrons. The van der Waals surface area contributed by atoms with Crippen LogP contribution in [0.5, 0.6) is 0 Å². The number of amides is 4. The van der Waals surface area contributed by atoms with E-state index in [0.717, 1.165) is 10.5 Å². The first-order valence-electron chi connectivity index (χ1n) is 9.17. The van der Waals surface area contributed by atoms with E-state index in [1.807, 2.05) is 30.3 Å². The summed E-state index contributed by atoms with van der Waals surface area (Å²) in [5.41, 5.74) is 0.288. The van der Waals surface area contributed by atoms with Crippen LogP contribution in [0.4, 0.5) is 9.18 Å². The third-order valence-corrected chi connectivity index (χ3v) is 4.92. The molecule has 2 N–H and O–H groups in total. The number of imide groups is 1. The van der Waals surface area contributed by atoms with Gasteiger partial charge >= 0.3 is 6.03 Å². The Morgan fingerprint density at radius 1 is 1.11 bits per heavy atom. The molecule has 1 heterocycles. The molecule has 1 aliphatic heterocycles. The predicted molar refractivity (Wildman–Crippen MR) is 102 cm³/mol. The Labute approximate surface area is 162 Å². The fraction of sp³-hybridized carbons (Fsp3) is 0.286. The monoisotopic (exact) mass is 383 g/mol. The van der Waals surface area contributed by atoms with E-state index in [-0.39, 0.29) is 13.0 Å². The summed E-state index contributed by atoms with van der Waals surface area (Å²) in [7, 11) is 0. The van der Waals surface area contributed by atoms with E-state index in [9.17, 15) is 18.8 Å². The minimum absolute atomic E-state index is 0.287. The highest BCUT2D eigenvalue weighted by molar-refractivity contribution is 6.09. The molecule has 2 aromatic rings. The topological polar surface area (TPSA) is 78.5 Å². The zero-order chi connectivity index (χ0) is 20.1. The molecule has 6 nitrogen and oxygen atoms in total. The molecule has 7 heteroatoms. The summed E-state index contributed by atoms with van der Waals surface area (Å²) in [5.74, 6) is -1.35. The van der Waals surface area contributed by atoms with Gasteiger partial charge in [0.15, 0.2) is 0 Å². The number of hydrogen-bond acceptors (Lipinski definition) is 3. The lowest BCUT2D eigenvalue weighted by Gasteiger charge is -2.25. The summed E-state index contributed by atoms with van der Waals surface area (Å²) in [5, 5.41) is 5.40. The van der Waals surface area contributed by atoms with Crippen molar-refractivity contribution in [1.29, 1.82) is 0 Å². The number of hydrogen-bond donors (Lipinski definition) is 2. The largest absolute Gasteiger partial charge is 0.354 e. The number of nitrogens with one attached hydrogen (secondary N) is 2. The van der Waals surface area contributed by atoms with Crippen molar-refractivity contribution in [2.75, 3.05) is 13.1 Å². The second-order valence-corrected chi connectivity index (χ2v) is 6.67. The lowest BCUT2D eigenvalue weighted by atomic mass is 9.87. The maximum atomic E-state index is 13.2. The molecule has 0 bridgehead atoms. The van der Waals surface area contributed by atoms with Gasteiger partial charge in [-0.25, -0.2) is 9.18 Å². The van der Waals surface area contributed by atoms with Crippen LogP contribution in [0.25, 0.3) is 0 Å². The molecule has 2 aromatic carbocycles. The summed E-state index contributed by atoms with van der Waals surface area (Å²) in [6.45, 7) is 1.80. The van der Waals surface area contributed by atoms with Crippen molar-refractivity contribution in [2.24, 2.45) is 0 Å². The first-order valence-corrected chi connectivity index (χ1v) is 9.17. The van der Waals surface area contributed by atoms with Gasteiger partial charge in [0.05, 0.1) is 0 Å². The molecule has 1 aliphatic rings. The van der Waals surface area contributed by atoms with E-state index >= 15 is 0 Å². The fourth-order valence-electron chi connectivity index (χ4n) is 3.33. The predicted octanol–water partition coefficient (Wildman–Crippen LogP) is 2.34. The second kappa shape index (κ2) is 8.21. The summed E-state index contributed by atoms with van der Waals surface area (Å²) in [4.78, 5) is 38.5. The van der Waals surface area contributed by atoms with Crippen LogP contribution in [0.1, 0.15) is 24.5 Å². The Hall–Kier alpha value is -3.22. The summed E-state index contributed by atoms with van der Waals surface area (Å²) >= 11 is 0. The highest BCUT2D eigenvalue weighted by atomic mass is 19.1. The molecule has 4 amide bonds. The maximum absolute atomic E-state index is 13.2. The highest BCUT2D eigenvalue weighted by Gasteiger charge is 2.51. The van der Waals surface area contributed by atoms with Gasteiger partial charge in [-0.15, -0.1) is 0 Å². The molecule has 0 saturated carbocycles. The van der Waals surface area contributed by atoms with Gasteiger partial charge in [0.2, 0.25) is 5.91 Å². The second-order valence-electron chi connectivity index (χ2n) is 6.67. The molecule has 0 radical (unpaired) electrons. The fourth-order valence-corrected chi connectivity index (χ4v) is 3.33. The van der Waals surface area contributed by atoms with Crippen molar-refractivity contribution in [3.63, 3.8) is 0 Å². The number of carbonyl (C=O) groups is 3. The minimum Gasteiger partial charge on any atom is -0.354 e. The van der Waals surface area contributed by atoms with Crippen molar-refractivity contribution in [3.05, 3.63) is 71.5 Å². The van der Waals surface area contributed by atoms with Crippen molar-refractivity contribution in [3.8, 4) is 0 Å². The number of benzene rings is 2. The summed E-state index contributed by atoms with van der Waals surface area (Å²) in [6.07, 6.45) is 0.941. The van der Waals surface area contributed by atoms with Crippen LogP contribution < -0.4 is 10.6 Å². The van der Waals surface area contributed by atoms with E-state index < -0.39 is 29.2 Å². The van der Waals surface area contributed by atoms with E-state index in [1.165, 1.54) is 24.3 Å². The molecule has 0 spiro atoms. The first kappa shape index (κ1) is 19.5. The van der Waals surface area contributed by atoms with Gasteiger partial charge in [0.25, 0.3) is 5.91 Å². The molecule has 1 fully saturated rings. The average Bonchev–Trinajstić information content (AvgIpc) is 2.94. The van der Waals surface area contributed by atoms with Crippen LogP contribution in [0.3, 0.4) is 0 Å². The number of urea groups is 1. The Balaban J connectivity index is 1.64. The van der Waals surface area contributed by atoms with Crippen LogP contribution in [0, 0.1) is 5.82 Å². The number of halogens is 1. The van der Waals surface area contributed by atoms with Gasteiger partial charge in [0, 0.05) is 6.54 Å². The Kier molecular flexibility index (Phi) is 5.73. The van der Waals surface area contributed by atoms with Gasteiger partial charge in [-0.3, -0.25) is 14.5 Å². The van der Waals surface area contributed by atoms with E-state index in [2.05, 4.69) is 10.6 Å². The first-order chi connectivity index (χ1) is 13.5. The van der Waals surface area contributed by atoms with Crippen LogP contribution >= 0.6 is 0 Å². The average molecular weight is 383 g/mol. The maximum Gasteiger partial charge on any atom is 0.325 e. The zero-order valence-electron chi connectivity index (χ0n) is 15.6. The van der Waals surface area contributed by atoms with E-state index in [1.54, 1.807) is 6.92 Å². The normalized spacial score (nSPS) is 18.9. The summed E-state index contributed by atoms with van der Waals surface area (Å²) in [6, 6.07) is 14.5. The number of rotatable bonds is 7. The number of carbonyl (C=O) groups excluding carboxylic acids is 3. The van der Waals surface area contributed by atoms with Crippen LogP contribution in [0.15, 0.2) is 54.6 Å². The lowest BCUT2D eigenvalue weighted by Crippen LogP contribution is -2.45. The standard InChI is InChI=1S/C21H22FN3O3/c1-2-21(16-8-10-17(22)11-9-16)19(27)25(20(28)24-21)14-18(26)23-13-12-15-6-4-3-5-7-15/h3-11H,2,12-14H2,1H3,(H,23,26)(H,24,28)/t21-/m0/s1. The van der Waals surface area contributed by atoms with Crippen LogP contribution in [0.2, 0.25) is 0 Å². The van der Waals surface area contributed by atoms with E-state index in [4.69, 9.17) is 0 Å². The Bertz CT molecular complexity index is 870. The van der Waals surface area contributed by atoms with Crippen LogP contribution in [-0.2, 0) is 21.5 Å². The van der Waals surface area contributed by atoms with Gasteiger partial charge in [0.1, 0.15) is 17.9 Å². The van der Waals surface area contributed by atoms with Crippen molar-refractivity contribution in [1.82, 2.24) is 15.5 Å². The van der Waals surface area contributed by atoms with Gasteiger partial charge < -0.3 is 10.6 Å². The van der Waals surface area contributed by atoms with Crippen molar-refractivity contribution < 1.29 is 18.8 Å². The third-order valence-electron chi connectivity index (χ3n) is 4.92. The molecule has 1 saturated heterocycles. The zero-order valence-corrected chi connectivity index (χ0v) is 15.6. The Morgan fingerprint density at radius 3 is 2.43 bits per heavy atom. The molecular weight excluding hydrogens is 361 g/mol. The highest BCUT2D eigenvalue weighted by Crippen LogP contribution is 2.32. The summed E-state index contributed by atoms with van der Waals surface area (Å²) < 4.78 is 13.2. The third kappa shape index (κ3) is 3.88. The van der Waals surface area contributed by atoms with Gasteiger partial charge in [-0.05, 0) is 36.1 Å². The molecule has 0 aliphatic carbocycles. The van der Waals surface area contributed by atoms with Crippen molar-refractivity contribution in [2.45, 2.75) is 25.3 Å². The lowest BCUT2D eigenvalue weighted by molar-refractivity contribution is -0.135. The number of nitrogens with zero attached hydrogens (tertiary/aromatic N) is 1.